The van der Waals surface area contributed by atoms with E-state index in [0.717, 1.165) is 22.3 Å². The molecular formula is C32H35FN8O4. The fourth-order valence-electron chi connectivity index (χ4n) is 6.01. The Bertz CT molecular complexity index is 1830. The summed E-state index contributed by atoms with van der Waals surface area (Å²) in [6.45, 7) is 10.2. The zero-order valence-corrected chi connectivity index (χ0v) is 25.7. The molecule has 0 spiro atoms. The van der Waals surface area contributed by atoms with Crippen molar-refractivity contribution in [2.75, 3.05) is 43.4 Å². The Morgan fingerprint density at radius 2 is 1.91 bits per heavy atom. The number of halogens is 1. The van der Waals surface area contributed by atoms with Gasteiger partial charge in [0, 0.05) is 73.3 Å². The zero-order chi connectivity index (χ0) is 31.5. The van der Waals surface area contributed by atoms with Crippen LogP contribution in [0.3, 0.4) is 0 Å². The van der Waals surface area contributed by atoms with Gasteiger partial charge < -0.3 is 29.9 Å². The lowest BCUT2D eigenvalue weighted by Crippen LogP contribution is -2.63. The third-order valence-corrected chi connectivity index (χ3v) is 8.33. The van der Waals surface area contributed by atoms with E-state index in [-0.39, 0.29) is 30.4 Å². The smallest absolute Gasteiger partial charge is 0.410 e. The lowest BCUT2D eigenvalue weighted by Gasteiger charge is -2.45. The SMILES string of the molecule is Cc1c(-c2cc3cc(Nc4cc5n(n4)CC(=O)N(C4CN(C(=O)OC(C)(C)C)C4)CC5)ncc3cc2F)cnc2c1NCCO2. The molecule has 7 rings (SSSR count). The van der Waals surface area contributed by atoms with Gasteiger partial charge in [0.2, 0.25) is 11.8 Å². The summed E-state index contributed by atoms with van der Waals surface area (Å²) in [5, 5.41) is 12.7. The van der Waals surface area contributed by atoms with Gasteiger partial charge in [-0.2, -0.15) is 5.10 Å². The number of hydrogen-bond donors (Lipinski definition) is 2. The van der Waals surface area contributed by atoms with Crippen molar-refractivity contribution in [2.45, 2.75) is 52.3 Å². The third-order valence-electron chi connectivity index (χ3n) is 8.33. The van der Waals surface area contributed by atoms with Crippen molar-refractivity contribution in [3.05, 3.63) is 53.7 Å². The van der Waals surface area contributed by atoms with Gasteiger partial charge in [-0.25, -0.2) is 19.2 Å². The first-order valence-corrected chi connectivity index (χ1v) is 15.1. The second-order valence-corrected chi connectivity index (χ2v) is 12.7. The summed E-state index contributed by atoms with van der Waals surface area (Å²) in [4.78, 5) is 37.8. The molecule has 12 nitrogen and oxygen atoms in total. The monoisotopic (exact) mass is 614 g/mol. The van der Waals surface area contributed by atoms with Gasteiger partial charge >= 0.3 is 6.09 Å². The molecule has 0 aliphatic carbocycles. The first kappa shape index (κ1) is 28.8. The van der Waals surface area contributed by atoms with Crippen molar-refractivity contribution in [2.24, 2.45) is 0 Å². The van der Waals surface area contributed by atoms with Crippen LogP contribution in [-0.4, -0.2) is 86.0 Å². The second-order valence-electron chi connectivity index (χ2n) is 12.7. The molecule has 3 aromatic heterocycles. The van der Waals surface area contributed by atoms with E-state index in [1.807, 2.05) is 44.7 Å². The highest BCUT2D eigenvalue weighted by Gasteiger charge is 2.39. The Hall–Kier alpha value is -4.94. The number of amides is 2. The van der Waals surface area contributed by atoms with Gasteiger partial charge in [0.05, 0.1) is 6.04 Å². The molecule has 1 fully saturated rings. The third kappa shape index (κ3) is 5.58. The minimum absolute atomic E-state index is 0.0331. The Kier molecular flexibility index (Phi) is 6.98. The van der Waals surface area contributed by atoms with Gasteiger partial charge in [-0.15, -0.1) is 0 Å². The van der Waals surface area contributed by atoms with Crippen LogP contribution in [-0.2, 0) is 22.5 Å². The van der Waals surface area contributed by atoms with Crippen LogP contribution in [0.5, 0.6) is 5.88 Å². The second kappa shape index (κ2) is 10.9. The van der Waals surface area contributed by atoms with Crippen LogP contribution in [0.2, 0.25) is 0 Å². The Balaban J connectivity index is 1.05. The van der Waals surface area contributed by atoms with Gasteiger partial charge in [0.15, 0.2) is 5.82 Å². The van der Waals surface area contributed by atoms with E-state index in [0.29, 0.717) is 73.2 Å². The topological polar surface area (TPSA) is 127 Å². The van der Waals surface area contributed by atoms with Crippen LogP contribution in [0.15, 0.2) is 36.7 Å². The summed E-state index contributed by atoms with van der Waals surface area (Å²) in [6, 6.07) is 7.02. The number of pyridine rings is 2. The van der Waals surface area contributed by atoms with Crippen LogP contribution < -0.4 is 15.4 Å². The molecule has 1 aromatic carbocycles. The summed E-state index contributed by atoms with van der Waals surface area (Å²) in [6.07, 6.45) is 3.55. The maximum absolute atomic E-state index is 15.3. The number of fused-ring (bicyclic) bond motifs is 3. The molecule has 3 aliphatic rings. The molecule has 13 heteroatoms. The number of hydrogen-bond acceptors (Lipinski definition) is 9. The van der Waals surface area contributed by atoms with Gasteiger partial charge in [0.25, 0.3) is 0 Å². The molecule has 0 atom stereocenters. The van der Waals surface area contributed by atoms with Crippen molar-refractivity contribution in [1.29, 1.82) is 0 Å². The predicted molar refractivity (Wildman–Crippen MR) is 166 cm³/mol. The molecule has 4 aromatic rings. The van der Waals surface area contributed by atoms with Gasteiger partial charge in [-0.1, -0.05) is 0 Å². The first-order chi connectivity index (χ1) is 21.5. The molecule has 2 N–H and O–H groups in total. The van der Waals surface area contributed by atoms with Crippen molar-refractivity contribution in [3.8, 4) is 17.0 Å². The van der Waals surface area contributed by atoms with E-state index < -0.39 is 5.60 Å². The number of aromatic nitrogens is 4. The minimum Gasteiger partial charge on any atom is -0.474 e. The summed E-state index contributed by atoms with van der Waals surface area (Å²) < 4.78 is 28.1. The summed E-state index contributed by atoms with van der Waals surface area (Å²) in [7, 11) is 0. The van der Waals surface area contributed by atoms with Gasteiger partial charge in [-0.3, -0.25) is 9.48 Å². The molecule has 0 saturated carbocycles. The lowest BCUT2D eigenvalue weighted by molar-refractivity contribution is -0.137. The van der Waals surface area contributed by atoms with Crippen LogP contribution >= 0.6 is 0 Å². The van der Waals surface area contributed by atoms with Crippen molar-refractivity contribution in [1.82, 2.24) is 29.5 Å². The van der Waals surface area contributed by atoms with Crippen LogP contribution in [0.4, 0.5) is 26.5 Å². The van der Waals surface area contributed by atoms with Crippen molar-refractivity contribution >= 4 is 40.1 Å². The van der Waals surface area contributed by atoms with Crippen molar-refractivity contribution < 1.29 is 23.5 Å². The molecule has 45 heavy (non-hydrogen) atoms. The Morgan fingerprint density at radius 3 is 2.71 bits per heavy atom. The quantitative estimate of drug-likeness (QED) is 0.342. The fraction of sp³-hybridized carbons (Fsp3) is 0.406. The maximum Gasteiger partial charge on any atom is 0.410 e. The number of rotatable bonds is 4. The highest BCUT2D eigenvalue weighted by molar-refractivity contribution is 5.90. The molecule has 6 heterocycles. The van der Waals surface area contributed by atoms with E-state index in [1.165, 1.54) is 6.07 Å². The molecule has 3 aliphatic heterocycles. The fourth-order valence-corrected chi connectivity index (χ4v) is 6.01. The number of ether oxygens (including phenoxy) is 2. The highest BCUT2D eigenvalue weighted by atomic mass is 19.1. The van der Waals surface area contributed by atoms with Gasteiger partial charge in [0.1, 0.15) is 36.1 Å². The number of carbonyl (C=O) groups is 2. The number of benzene rings is 1. The maximum atomic E-state index is 15.3. The largest absolute Gasteiger partial charge is 0.474 e. The van der Waals surface area contributed by atoms with Crippen molar-refractivity contribution in [3.63, 3.8) is 0 Å². The van der Waals surface area contributed by atoms with E-state index in [2.05, 4.69) is 25.7 Å². The average molecular weight is 615 g/mol. The number of carbonyl (C=O) groups excluding carboxylic acids is 2. The lowest BCUT2D eigenvalue weighted by atomic mass is 9.98. The average Bonchev–Trinajstić information content (AvgIpc) is 3.26. The molecule has 1 saturated heterocycles. The van der Waals surface area contributed by atoms with Gasteiger partial charge in [-0.05, 0) is 56.8 Å². The standard InChI is InChI=1S/C32H35FN8O4/c1-18-24(14-36-30-29(18)34-6-8-44-30)23-9-19-11-26(35-13-20(19)10-25(23)33)37-27-12-21-5-7-40(28(42)17-41(21)38-27)22-15-39(16-22)31(43)45-32(2,3)4/h9-14,22,34H,5-8,15-17H2,1-4H3,(H,35,37,38). The molecular weight excluding hydrogens is 579 g/mol. The Morgan fingerprint density at radius 1 is 1.09 bits per heavy atom. The number of nitrogens with one attached hydrogen (secondary N) is 2. The van der Waals surface area contributed by atoms with E-state index in [4.69, 9.17) is 9.47 Å². The zero-order valence-electron chi connectivity index (χ0n) is 25.7. The number of anilines is 3. The van der Waals surface area contributed by atoms with Crippen LogP contribution in [0.25, 0.3) is 21.9 Å². The number of nitrogens with zero attached hydrogens (tertiary/aromatic N) is 6. The van der Waals surface area contributed by atoms with E-state index >= 15 is 4.39 Å². The highest BCUT2D eigenvalue weighted by Crippen LogP contribution is 2.37. The van der Waals surface area contributed by atoms with E-state index in [9.17, 15) is 9.59 Å². The normalized spacial score (nSPS) is 16.7. The predicted octanol–water partition coefficient (Wildman–Crippen LogP) is 4.49. The molecule has 0 unspecified atom stereocenters. The summed E-state index contributed by atoms with van der Waals surface area (Å²) in [5.74, 6) is 1.25. The summed E-state index contributed by atoms with van der Waals surface area (Å²) in [5.41, 5.74) is 3.15. The minimum atomic E-state index is -0.558. The van der Waals surface area contributed by atoms with Crippen LogP contribution in [0, 0.1) is 12.7 Å². The summed E-state index contributed by atoms with van der Waals surface area (Å²) >= 11 is 0. The molecule has 234 valence electrons. The molecule has 0 radical (unpaired) electrons. The first-order valence-electron chi connectivity index (χ1n) is 15.1. The van der Waals surface area contributed by atoms with Crippen LogP contribution in [0.1, 0.15) is 32.0 Å². The number of likely N-dealkylation sites (tertiary alicyclic amines) is 1. The van der Waals surface area contributed by atoms with E-state index in [1.54, 1.807) is 28.0 Å². The molecule has 2 amide bonds. The molecule has 0 bridgehead atoms. The Labute approximate surface area is 259 Å².